The Morgan fingerprint density at radius 3 is 2.43 bits per heavy atom. The number of anilines is 1. The lowest BCUT2D eigenvalue weighted by molar-refractivity contribution is -0.114. The lowest BCUT2D eigenvalue weighted by atomic mass is 10.1. The highest BCUT2D eigenvalue weighted by Crippen LogP contribution is 2.33. The van der Waals surface area contributed by atoms with Crippen molar-refractivity contribution in [3.8, 4) is 0 Å². The first-order chi connectivity index (χ1) is 10.9. The van der Waals surface area contributed by atoms with E-state index in [4.69, 9.17) is 4.74 Å². The minimum Gasteiger partial charge on any atom is -0.457 e. The Morgan fingerprint density at radius 2 is 1.87 bits per heavy atom. The Kier molecular flexibility index (Phi) is 5.85. The van der Waals surface area contributed by atoms with Gasteiger partial charge in [-0.05, 0) is 43.4 Å². The number of aryl methyl sites for hydroxylation is 1. The van der Waals surface area contributed by atoms with Gasteiger partial charge in [0.25, 0.3) is 0 Å². The second kappa shape index (κ2) is 7.66. The zero-order valence-corrected chi connectivity index (χ0v) is 15.2. The Labute approximate surface area is 144 Å². The zero-order chi connectivity index (χ0) is 17.0. The first-order valence-electron chi connectivity index (χ1n) is 7.10. The van der Waals surface area contributed by atoms with Gasteiger partial charge in [-0.3, -0.25) is 4.79 Å². The molecule has 0 spiro atoms. The maximum atomic E-state index is 12.4. The maximum Gasteiger partial charge on any atom is 0.341 e. The molecule has 0 aliphatic rings. The predicted octanol–water partition coefficient (Wildman–Crippen LogP) is 4.40. The number of carbonyl (C=O) groups excluding carboxylic acids is 2. The molecule has 122 valence electrons. The van der Waals surface area contributed by atoms with Crippen molar-refractivity contribution in [2.45, 2.75) is 32.3 Å². The highest BCUT2D eigenvalue weighted by atomic mass is 32.2. The fourth-order valence-electron chi connectivity index (χ4n) is 2.06. The third kappa shape index (κ3) is 4.36. The van der Waals surface area contributed by atoms with E-state index in [1.165, 1.54) is 18.3 Å². The van der Waals surface area contributed by atoms with Crippen molar-refractivity contribution in [2.24, 2.45) is 0 Å². The quantitative estimate of drug-likeness (QED) is 0.642. The van der Waals surface area contributed by atoms with Crippen molar-refractivity contribution >= 4 is 40.0 Å². The number of thiophene rings is 1. The Bertz CT molecular complexity index is 720. The SMILES string of the molecule is CSc1ccc(COC(=O)c2c(NC(C)=O)sc(C)c2C)cc1. The molecule has 0 saturated heterocycles. The van der Waals surface area contributed by atoms with Gasteiger partial charge in [-0.15, -0.1) is 23.1 Å². The third-order valence-corrected chi connectivity index (χ3v) is 5.27. The number of rotatable bonds is 5. The molecule has 1 heterocycles. The molecule has 0 fully saturated rings. The van der Waals surface area contributed by atoms with Crippen LogP contribution in [0.3, 0.4) is 0 Å². The predicted molar refractivity (Wildman–Crippen MR) is 95.4 cm³/mol. The lowest BCUT2D eigenvalue weighted by Gasteiger charge is -2.08. The summed E-state index contributed by atoms with van der Waals surface area (Å²) in [6.07, 6.45) is 2.01. The molecule has 1 amide bonds. The van der Waals surface area contributed by atoms with Crippen LogP contribution >= 0.6 is 23.1 Å². The van der Waals surface area contributed by atoms with Crippen LogP contribution < -0.4 is 5.32 Å². The molecular weight excluding hydrogens is 330 g/mol. The van der Waals surface area contributed by atoms with Gasteiger partial charge in [0.2, 0.25) is 5.91 Å². The zero-order valence-electron chi connectivity index (χ0n) is 13.6. The first kappa shape index (κ1) is 17.6. The molecule has 0 atom stereocenters. The number of ether oxygens (including phenoxy) is 1. The minimum atomic E-state index is -0.412. The van der Waals surface area contributed by atoms with Crippen molar-refractivity contribution < 1.29 is 14.3 Å². The van der Waals surface area contributed by atoms with Gasteiger partial charge in [0.15, 0.2) is 0 Å². The van der Waals surface area contributed by atoms with Crippen molar-refractivity contribution in [2.75, 3.05) is 11.6 Å². The maximum absolute atomic E-state index is 12.4. The third-order valence-electron chi connectivity index (χ3n) is 3.41. The Morgan fingerprint density at radius 1 is 1.22 bits per heavy atom. The Hall–Kier alpha value is -1.79. The van der Waals surface area contributed by atoms with Crippen molar-refractivity contribution in [3.63, 3.8) is 0 Å². The van der Waals surface area contributed by atoms with Gasteiger partial charge in [0, 0.05) is 16.7 Å². The molecule has 6 heteroatoms. The number of hydrogen-bond acceptors (Lipinski definition) is 5. The van der Waals surface area contributed by atoms with Crippen LogP contribution in [-0.4, -0.2) is 18.1 Å². The molecule has 0 saturated carbocycles. The molecule has 2 rings (SSSR count). The topological polar surface area (TPSA) is 55.4 Å². The molecule has 23 heavy (non-hydrogen) atoms. The summed E-state index contributed by atoms with van der Waals surface area (Å²) >= 11 is 3.05. The average Bonchev–Trinajstić information content (AvgIpc) is 2.79. The standard InChI is InChI=1S/C17H19NO3S2/c1-10-11(2)23-16(18-12(3)19)15(10)17(20)21-9-13-5-7-14(22-4)8-6-13/h5-8H,9H2,1-4H3,(H,18,19). The summed E-state index contributed by atoms with van der Waals surface area (Å²) in [4.78, 5) is 25.9. The van der Waals surface area contributed by atoms with Gasteiger partial charge >= 0.3 is 5.97 Å². The number of carbonyl (C=O) groups is 2. The minimum absolute atomic E-state index is 0.201. The van der Waals surface area contributed by atoms with Crippen LogP contribution in [0.2, 0.25) is 0 Å². The van der Waals surface area contributed by atoms with Crippen LogP contribution in [0.1, 0.15) is 33.3 Å². The van der Waals surface area contributed by atoms with Crippen molar-refractivity contribution in [1.82, 2.24) is 0 Å². The summed E-state index contributed by atoms with van der Waals surface area (Å²) in [5.74, 6) is -0.613. The number of thioether (sulfide) groups is 1. The van der Waals surface area contributed by atoms with Gasteiger partial charge in [-0.2, -0.15) is 0 Å². The van der Waals surface area contributed by atoms with Gasteiger partial charge in [0.05, 0.1) is 5.56 Å². The van der Waals surface area contributed by atoms with Crippen LogP contribution in [0.15, 0.2) is 29.2 Å². The molecule has 0 radical (unpaired) electrons. The number of nitrogens with one attached hydrogen (secondary N) is 1. The van der Waals surface area contributed by atoms with Gasteiger partial charge in [0.1, 0.15) is 11.6 Å². The number of hydrogen-bond donors (Lipinski definition) is 1. The van der Waals surface area contributed by atoms with Crippen molar-refractivity contribution in [3.05, 3.63) is 45.8 Å². The highest BCUT2D eigenvalue weighted by molar-refractivity contribution is 7.98. The molecule has 0 aliphatic carbocycles. The second-order valence-corrected chi connectivity index (χ2v) is 7.20. The largest absolute Gasteiger partial charge is 0.457 e. The first-order valence-corrected chi connectivity index (χ1v) is 9.14. The van der Waals surface area contributed by atoms with E-state index in [0.29, 0.717) is 10.6 Å². The van der Waals surface area contributed by atoms with Crippen LogP contribution in [0.4, 0.5) is 5.00 Å². The summed E-state index contributed by atoms with van der Waals surface area (Å²) in [7, 11) is 0. The van der Waals surface area contributed by atoms with E-state index in [-0.39, 0.29) is 12.5 Å². The molecule has 1 N–H and O–H groups in total. The van der Waals surface area contributed by atoms with Gasteiger partial charge < -0.3 is 10.1 Å². The van der Waals surface area contributed by atoms with Crippen LogP contribution in [-0.2, 0) is 16.1 Å². The van der Waals surface area contributed by atoms with E-state index in [9.17, 15) is 9.59 Å². The van der Waals surface area contributed by atoms with E-state index < -0.39 is 5.97 Å². The fourth-order valence-corrected chi connectivity index (χ4v) is 3.57. The lowest BCUT2D eigenvalue weighted by Crippen LogP contribution is -2.11. The average molecular weight is 349 g/mol. The van der Waals surface area contributed by atoms with Crippen molar-refractivity contribution in [1.29, 1.82) is 0 Å². The summed E-state index contributed by atoms with van der Waals surface area (Å²) in [6, 6.07) is 7.88. The Balaban J connectivity index is 2.12. The monoisotopic (exact) mass is 349 g/mol. The normalized spacial score (nSPS) is 10.4. The molecule has 0 bridgehead atoms. The molecule has 0 aliphatic heterocycles. The van der Waals surface area contributed by atoms with E-state index in [1.54, 1.807) is 11.8 Å². The van der Waals surface area contributed by atoms with E-state index in [2.05, 4.69) is 5.32 Å². The van der Waals surface area contributed by atoms with Gasteiger partial charge in [-0.25, -0.2) is 4.79 Å². The molecule has 0 unspecified atom stereocenters. The summed E-state index contributed by atoms with van der Waals surface area (Å²) in [5, 5.41) is 3.26. The molecule has 2 aromatic rings. The molecule has 1 aromatic carbocycles. The van der Waals surface area contributed by atoms with E-state index in [0.717, 1.165) is 20.9 Å². The highest BCUT2D eigenvalue weighted by Gasteiger charge is 2.21. The number of amides is 1. The summed E-state index contributed by atoms with van der Waals surface area (Å²) in [6.45, 7) is 5.42. The number of benzene rings is 1. The van der Waals surface area contributed by atoms with E-state index in [1.807, 2.05) is 44.4 Å². The molecular formula is C17H19NO3S2. The second-order valence-electron chi connectivity index (χ2n) is 5.09. The summed E-state index contributed by atoms with van der Waals surface area (Å²) in [5.41, 5.74) is 2.23. The van der Waals surface area contributed by atoms with E-state index >= 15 is 0 Å². The van der Waals surface area contributed by atoms with Crippen LogP contribution in [0, 0.1) is 13.8 Å². The smallest absolute Gasteiger partial charge is 0.341 e. The van der Waals surface area contributed by atoms with Gasteiger partial charge in [-0.1, -0.05) is 12.1 Å². The molecule has 4 nitrogen and oxygen atoms in total. The van der Waals surface area contributed by atoms with Crippen LogP contribution in [0.25, 0.3) is 0 Å². The fraction of sp³-hybridized carbons (Fsp3) is 0.294. The number of esters is 1. The molecule has 1 aromatic heterocycles. The van der Waals surface area contributed by atoms with Crippen LogP contribution in [0.5, 0.6) is 0 Å². The summed E-state index contributed by atoms with van der Waals surface area (Å²) < 4.78 is 5.41.